The quantitative estimate of drug-likeness (QED) is 0.508. The zero-order valence-electron chi connectivity index (χ0n) is 21.0. The van der Waals surface area contributed by atoms with Gasteiger partial charge in [0.1, 0.15) is 6.54 Å². The molecule has 2 heterocycles. The van der Waals surface area contributed by atoms with Gasteiger partial charge in [0.05, 0.1) is 6.61 Å². The molecular formula is C28H39N3O4. The van der Waals surface area contributed by atoms with E-state index in [4.69, 9.17) is 4.74 Å². The van der Waals surface area contributed by atoms with Gasteiger partial charge in [-0.15, -0.1) is 0 Å². The first-order valence-corrected chi connectivity index (χ1v) is 13.3. The average Bonchev–Trinajstić information content (AvgIpc) is 3.29. The number of para-hydroxylation sites is 1. The van der Waals surface area contributed by atoms with Crippen LogP contribution in [0.25, 0.3) is 10.9 Å². The highest BCUT2D eigenvalue weighted by Gasteiger charge is 2.35. The van der Waals surface area contributed by atoms with Gasteiger partial charge in [0.2, 0.25) is 11.8 Å². The molecule has 2 atom stereocenters. The standard InChI is InChI=1S/C28H39N3O4/c1-2-35-28(34)20-30(18-16-22-19-29-24-12-5-4-11-23(22)24)26(32)14-7-15-27(33)31-17-8-10-21-9-3-6-13-25(21)31/h4-5,11-12,19,21,25,29H,2-3,6-10,13-18,20H2,1H3. The van der Waals surface area contributed by atoms with Gasteiger partial charge in [-0.05, 0) is 63.0 Å². The zero-order chi connectivity index (χ0) is 24.6. The van der Waals surface area contributed by atoms with Gasteiger partial charge in [-0.1, -0.05) is 31.0 Å². The molecule has 1 aromatic carbocycles. The molecule has 1 saturated carbocycles. The number of rotatable bonds is 10. The van der Waals surface area contributed by atoms with Crippen molar-refractivity contribution in [3.05, 3.63) is 36.0 Å². The number of ether oxygens (including phenoxy) is 1. The van der Waals surface area contributed by atoms with Crippen LogP contribution in [-0.2, 0) is 25.5 Å². The van der Waals surface area contributed by atoms with Crippen LogP contribution >= 0.6 is 0 Å². The molecule has 1 saturated heterocycles. The number of amides is 2. The number of benzene rings is 1. The lowest BCUT2D eigenvalue weighted by molar-refractivity contribution is -0.149. The summed E-state index contributed by atoms with van der Waals surface area (Å²) in [5.74, 6) is 0.352. The number of hydrogen-bond donors (Lipinski definition) is 1. The summed E-state index contributed by atoms with van der Waals surface area (Å²) in [4.78, 5) is 45.2. The maximum absolute atomic E-state index is 13.1. The first-order valence-electron chi connectivity index (χ1n) is 13.3. The van der Waals surface area contributed by atoms with Gasteiger partial charge in [-0.3, -0.25) is 14.4 Å². The van der Waals surface area contributed by atoms with E-state index in [1.54, 1.807) is 11.8 Å². The number of aromatic nitrogens is 1. The summed E-state index contributed by atoms with van der Waals surface area (Å²) in [5.41, 5.74) is 2.17. The van der Waals surface area contributed by atoms with Crippen LogP contribution in [0.5, 0.6) is 0 Å². The number of hydrogen-bond acceptors (Lipinski definition) is 4. The van der Waals surface area contributed by atoms with Gasteiger partial charge < -0.3 is 19.5 Å². The molecule has 7 heteroatoms. The third kappa shape index (κ3) is 6.44. The van der Waals surface area contributed by atoms with Gasteiger partial charge in [0.15, 0.2) is 0 Å². The number of esters is 1. The number of piperidine rings is 1. The highest BCUT2D eigenvalue weighted by molar-refractivity contribution is 5.84. The van der Waals surface area contributed by atoms with E-state index in [-0.39, 0.29) is 31.4 Å². The lowest BCUT2D eigenvalue weighted by Gasteiger charge is -2.44. The number of nitrogens with zero attached hydrogens (tertiary/aromatic N) is 2. The van der Waals surface area contributed by atoms with E-state index in [1.165, 1.54) is 25.7 Å². The second-order valence-electron chi connectivity index (χ2n) is 9.92. The molecule has 2 amide bonds. The first-order chi connectivity index (χ1) is 17.1. The second kappa shape index (κ2) is 12.2. The van der Waals surface area contributed by atoms with Gasteiger partial charge in [-0.2, -0.15) is 0 Å². The number of carbonyl (C=O) groups is 3. The van der Waals surface area contributed by atoms with Crippen molar-refractivity contribution in [2.24, 2.45) is 5.92 Å². The lowest BCUT2D eigenvalue weighted by Crippen LogP contribution is -2.49. The fourth-order valence-electron chi connectivity index (χ4n) is 5.88. The van der Waals surface area contributed by atoms with Crippen LogP contribution in [0.1, 0.15) is 70.3 Å². The van der Waals surface area contributed by atoms with Crippen LogP contribution in [0.15, 0.2) is 30.5 Å². The van der Waals surface area contributed by atoms with Crippen molar-refractivity contribution in [3.8, 4) is 0 Å². The number of aromatic amines is 1. The highest BCUT2D eigenvalue weighted by Crippen LogP contribution is 2.35. The molecule has 1 aliphatic heterocycles. The molecular weight excluding hydrogens is 442 g/mol. The molecule has 1 N–H and O–H groups in total. The summed E-state index contributed by atoms with van der Waals surface area (Å²) in [7, 11) is 0. The van der Waals surface area contributed by atoms with Crippen LogP contribution in [0.3, 0.4) is 0 Å². The number of likely N-dealkylation sites (tertiary alicyclic amines) is 1. The highest BCUT2D eigenvalue weighted by atomic mass is 16.5. The molecule has 0 radical (unpaired) electrons. The molecule has 2 fully saturated rings. The summed E-state index contributed by atoms with van der Waals surface area (Å²) >= 11 is 0. The minimum absolute atomic E-state index is 0.0567. The molecule has 2 aromatic rings. The largest absolute Gasteiger partial charge is 0.465 e. The summed E-state index contributed by atoms with van der Waals surface area (Å²) in [6.07, 6.45) is 11.0. The Balaban J connectivity index is 1.31. The Hall–Kier alpha value is -2.83. The van der Waals surface area contributed by atoms with E-state index in [1.807, 2.05) is 24.4 Å². The van der Waals surface area contributed by atoms with Crippen LogP contribution in [0.2, 0.25) is 0 Å². The molecule has 2 unspecified atom stereocenters. The van der Waals surface area contributed by atoms with E-state index in [2.05, 4.69) is 16.0 Å². The van der Waals surface area contributed by atoms with E-state index in [0.29, 0.717) is 37.8 Å². The maximum Gasteiger partial charge on any atom is 0.325 e. The van der Waals surface area contributed by atoms with Crippen molar-refractivity contribution in [1.29, 1.82) is 0 Å². The molecule has 4 rings (SSSR count). The third-order valence-corrected chi connectivity index (χ3v) is 7.65. The predicted molar refractivity (Wildman–Crippen MR) is 136 cm³/mol. The van der Waals surface area contributed by atoms with Crippen molar-refractivity contribution in [2.75, 3.05) is 26.2 Å². The van der Waals surface area contributed by atoms with Crippen LogP contribution in [0.4, 0.5) is 0 Å². The molecule has 1 aromatic heterocycles. The number of fused-ring (bicyclic) bond motifs is 2. The fraction of sp³-hybridized carbons (Fsp3) is 0.607. The molecule has 35 heavy (non-hydrogen) atoms. The Morgan fingerprint density at radius 1 is 1.09 bits per heavy atom. The monoisotopic (exact) mass is 481 g/mol. The molecule has 0 bridgehead atoms. The molecule has 0 spiro atoms. The second-order valence-corrected chi connectivity index (χ2v) is 9.92. The Bertz CT molecular complexity index is 1010. The minimum Gasteiger partial charge on any atom is -0.465 e. The van der Waals surface area contributed by atoms with Gasteiger partial charge in [-0.25, -0.2) is 0 Å². The van der Waals surface area contributed by atoms with E-state index in [9.17, 15) is 14.4 Å². The van der Waals surface area contributed by atoms with E-state index < -0.39 is 5.97 Å². The summed E-state index contributed by atoms with van der Waals surface area (Å²) in [6.45, 7) is 3.28. The van der Waals surface area contributed by atoms with Gasteiger partial charge in [0, 0.05) is 49.1 Å². The first kappa shape index (κ1) is 25.3. The predicted octanol–water partition coefficient (Wildman–Crippen LogP) is 4.45. The Morgan fingerprint density at radius 3 is 2.74 bits per heavy atom. The van der Waals surface area contributed by atoms with Crippen molar-refractivity contribution in [3.63, 3.8) is 0 Å². The summed E-state index contributed by atoms with van der Waals surface area (Å²) in [6, 6.07) is 8.46. The van der Waals surface area contributed by atoms with E-state index >= 15 is 0 Å². The summed E-state index contributed by atoms with van der Waals surface area (Å²) in [5, 5.41) is 1.13. The Kier molecular flexibility index (Phi) is 8.83. The van der Waals surface area contributed by atoms with Crippen molar-refractivity contribution in [1.82, 2.24) is 14.8 Å². The molecule has 190 valence electrons. The van der Waals surface area contributed by atoms with Crippen LogP contribution in [0, 0.1) is 5.92 Å². The fourth-order valence-corrected chi connectivity index (χ4v) is 5.88. The molecule has 7 nitrogen and oxygen atoms in total. The maximum atomic E-state index is 13.1. The van der Waals surface area contributed by atoms with Gasteiger partial charge >= 0.3 is 5.97 Å². The van der Waals surface area contributed by atoms with Crippen molar-refractivity contribution in [2.45, 2.75) is 77.2 Å². The number of carbonyl (C=O) groups excluding carboxylic acids is 3. The van der Waals surface area contributed by atoms with Crippen LogP contribution < -0.4 is 0 Å². The minimum atomic E-state index is -0.396. The van der Waals surface area contributed by atoms with Gasteiger partial charge in [0.25, 0.3) is 0 Å². The Labute approximate surface area is 208 Å². The number of H-pyrrole nitrogens is 1. The topological polar surface area (TPSA) is 82.7 Å². The summed E-state index contributed by atoms with van der Waals surface area (Å²) < 4.78 is 5.10. The average molecular weight is 482 g/mol. The van der Waals surface area contributed by atoms with E-state index in [0.717, 1.165) is 35.9 Å². The SMILES string of the molecule is CCOC(=O)CN(CCc1c[nH]c2ccccc12)C(=O)CCCC(=O)N1CCCC2CCCCC21. The van der Waals surface area contributed by atoms with Crippen molar-refractivity contribution < 1.29 is 19.1 Å². The van der Waals surface area contributed by atoms with Crippen molar-refractivity contribution >= 4 is 28.7 Å². The molecule has 2 aliphatic rings. The zero-order valence-corrected chi connectivity index (χ0v) is 21.0. The normalized spacial score (nSPS) is 19.9. The smallest absolute Gasteiger partial charge is 0.325 e. The Morgan fingerprint density at radius 2 is 1.89 bits per heavy atom. The lowest BCUT2D eigenvalue weighted by atomic mass is 9.78. The number of nitrogens with one attached hydrogen (secondary N) is 1. The third-order valence-electron chi connectivity index (χ3n) is 7.65. The molecule has 1 aliphatic carbocycles. The van der Waals surface area contributed by atoms with Crippen LogP contribution in [-0.4, -0.2) is 64.9 Å².